The van der Waals surface area contributed by atoms with Crippen LogP contribution in [0.3, 0.4) is 0 Å². The van der Waals surface area contributed by atoms with Gasteiger partial charge in [0.1, 0.15) is 23.0 Å². The molecule has 0 saturated carbocycles. The molecule has 117 heavy (non-hydrogen) atoms. The Hall–Kier alpha value is -13.2. The smallest absolute Gasteiger partial charge is 0.255 e. The van der Waals surface area contributed by atoms with Crippen LogP contribution in [0.4, 0.5) is 34.1 Å². The molecule has 0 atom stereocenters. The van der Waals surface area contributed by atoms with E-state index in [0.717, 1.165) is 135 Å². The van der Waals surface area contributed by atoms with Crippen molar-refractivity contribution < 1.29 is 9.47 Å². The number of ether oxygens (including phenoxy) is 2. The summed E-state index contributed by atoms with van der Waals surface area (Å²) < 4.78 is 15.8. The van der Waals surface area contributed by atoms with Crippen molar-refractivity contribution in [3.8, 4) is 112 Å². The topological polar surface area (TPSA) is 24.9 Å². The lowest BCUT2D eigenvalue weighted by molar-refractivity contribution is 0.486. The highest BCUT2D eigenvalue weighted by Gasteiger charge is 2.54. The summed E-state index contributed by atoms with van der Waals surface area (Å²) in [5.41, 5.74) is 39.0. The molecule has 0 fully saturated rings. The second-order valence-corrected chi connectivity index (χ2v) is 35.1. The molecule has 6 heterocycles. The number of aryl methyl sites for hydroxylation is 2. The van der Waals surface area contributed by atoms with Gasteiger partial charge in [-0.2, -0.15) is 0 Å². The Kier molecular flexibility index (Phi) is 16.1. The first-order valence-corrected chi connectivity index (χ1v) is 42.3. The monoisotopic (exact) mass is 1530 g/mol. The summed E-state index contributed by atoms with van der Waals surface area (Å²) >= 11 is 3.86. The standard InChI is InChI=1S/C108H75B3N2O2S2/c1-66-54-81(72-38-22-10-23-39-72)104(82(55-66)73-40-24-11-25-41-73)112-89-62-80(108(3,4)5)63-90-99(89)111(100-91(112)64-95-102-106(100)116-97-52-48-78(70-34-18-8-19-35-70)60-87(97)109(102)85-58-76(46-50-93(85)114-95)68-30-14-6-15-31-68)101-92(113(90)105-83(74-42-26-12-27-43-74)56-67(2)57-84(105)75-44-28-13-29-45-75)65-96-103-107(101)117-98-53-49-79(71-36-20-9-21-37-71)61-88(98)110(103)86-59-77(47-51-94(86)115-96)69-32-16-7-17-33-69/h6-65H,1-5H3. The van der Waals surface area contributed by atoms with E-state index in [2.05, 4.69) is 408 Å². The number of benzene rings is 17. The fraction of sp³-hybridized carbons (Fsp3) is 0.0556. The highest BCUT2D eigenvalue weighted by molar-refractivity contribution is 8.00. The molecule has 6 aliphatic heterocycles. The molecule has 0 N–H and O–H groups in total. The van der Waals surface area contributed by atoms with Gasteiger partial charge in [0.15, 0.2) is 0 Å². The predicted molar refractivity (Wildman–Crippen MR) is 496 cm³/mol. The van der Waals surface area contributed by atoms with Crippen LogP contribution in [0, 0.1) is 13.8 Å². The van der Waals surface area contributed by atoms with Gasteiger partial charge in [-0.3, -0.25) is 0 Å². The van der Waals surface area contributed by atoms with Crippen LogP contribution in [-0.2, 0) is 5.41 Å². The minimum Gasteiger partial charge on any atom is -0.458 e. The number of rotatable bonds is 10. The summed E-state index contributed by atoms with van der Waals surface area (Å²) in [6, 6.07) is 137. The molecule has 0 unspecified atom stereocenters. The number of hydrogen-bond acceptors (Lipinski definition) is 6. The van der Waals surface area contributed by atoms with Crippen molar-refractivity contribution in [2.24, 2.45) is 0 Å². The molecule has 17 aromatic carbocycles. The third-order valence-electron chi connectivity index (χ3n) is 24.9. The number of hydrogen-bond donors (Lipinski definition) is 0. The third kappa shape index (κ3) is 11.3. The van der Waals surface area contributed by atoms with Crippen LogP contribution in [-0.4, -0.2) is 20.1 Å². The zero-order valence-corrected chi connectivity index (χ0v) is 67.0. The molecule has 0 aliphatic carbocycles. The van der Waals surface area contributed by atoms with Crippen molar-refractivity contribution >= 4 is 127 Å². The highest BCUT2D eigenvalue weighted by atomic mass is 32.2. The highest BCUT2D eigenvalue weighted by Crippen LogP contribution is 2.58. The normalized spacial score (nSPS) is 13.3. The van der Waals surface area contributed by atoms with Crippen LogP contribution in [0.1, 0.15) is 37.5 Å². The average molecular weight is 1530 g/mol. The Morgan fingerprint density at radius 3 is 0.838 bits per heavy atom. The summed E-state index contributed by atoms with van der Waals surface area (Å²) in [6.07, 6.45) is 0. The Morgan fingerprint density at radius 1 is 0.248 bits per heavy atom. The van der Waals surface area contributed by atoms with E-state index in [9.17, 15) is 0 Å². The zero-order chi connectivity index (χ0) is 77.9. The first-order chi connectivity index (χ1) is 57.5. The average Bonchev–Trinajstić information content (AvgIpc) is 0.666. The summed E-state index contributed by atoms with van der Waals surface area (Å²) in [5, 5.41) is 0. The lowest BCUT2D eigenvalue weighted by atomic mass is 9.29. The maximum atomic E-state index is 7.91. The van der Waals surface area contributed by atoms with Gasteiger partial charge in [0.2, 0.25) is 0 Å². The second kappa shape index (κ2) is 27.2. The van der Waals surface area contributed by atoms with Crippen molar-refractivity contribution in [1.82, 2.24) is 0 Å². The van der Waals surface area contributed by atoms with Gasteiger partial charge in [-0.25, -0.2) is 0 Å². The van der Waals surface area contributed by atoms with E-state index >= 15 is 0 Å². The van der Waals surface area contributed by atoms with Crippen LogP contribution in [0.2, 0.25) is 0 Å². The van der Waals surface area contributed by atoms with Gasteiger partial charge in [-0.15, -0.1) is 0 Å². The van der Waals surface area contributed by atoms with E-state index < -0.39 is 6.71 Å². The fourth-order valence-corrected chi connectivity index (χ4v) is 22.2. The molecule has 0 aromatic heterocycles. The maximum absolute atomic E-state index is 7.91. The van der Waals surface area contributed by atoms with Gasteiger partial charge in [-0.05, 0) is 202 Å². The lowest BCUT2D eigenvalue weighted by Gasteiger charge is -2.49. The van der Waals surface area contributed by atoms with E-state index in [4.69, 9.17) is 9.47 Å². The van der Waals surface area contributed by atoms with Crippen molar-refractivity contribution in [3.63, 3.8) is 0 Å². The third-order valence-corrected chi connectivity index (χ3v) is 27.3. The molecule has 0 bridgehead atoms. The van der Waals surface area contributed by atoms with Crippen LogP contribution >= 0.6 is 23.5 Å². The summed E-state index contributed by atoms with van der Waals surface area (Å²) in [6.45, 7) is 10.8. The van der Waals surface area contributed by atoms with Gasteiger partial charge < -0.3 is 19.3 Å². The van der Waals surface area contributed by atoms with Gasteiger partial charge >= 0.3 is 0 Å². The summed E-state index contributed by atoms with van der Waals surface area (Å²) in [4.78, 5) is 10.3. The van der Waals surface area contributed by atoms with Crippen molar-refractivity contribution in [1.29, 1.82) is 0 Å². The predicted octanol–water partition coefficient (Wildman–Crippen LogP) is 23.2. The van der Waals surface area contributed by atoms with E-state index in [-0.39, 0.29) is 18.8 Å². The minimum absolute atomic E-state index is 0.242. The molecule has 550 valence electrons. The van der Waals surface area contributed by atoms with E-state index in [0.29, 0.717) is 0 Å². The molecule has 23 rings (SSSR count). The lowest BCUT2D eigenvalue weighted by Crippen LogP contribution is -2.67. The first-order valence-electron chi connectivity index (χ1n) is 40.7. The molecular formula is C108H75B3N2O2S2. The summed E-state index contributed by atoms with van der Waals surface area (Å²) in [5.74, 6) is 3.42. The van der Waals surface area contributed by atoms with Crippen LogP contribution in [0.15, 0.2) is 384 Å². The van der Waals surface area contributed by atoms with Crippen LogP contribution in [0.25, 0.3) is 89.0 Å². The van der Waals surface area contributed by atoms with E-state index in [1.807, 2.05) is 23.5 Å². The van der Waals surface area contributed by atoms with Gasteiger partial charge in [0, 0.05) is 76.7 Å². The number of nitrogens with zero attached hydrogens (tertiary/aromatic N) is 2. The number of anilines is 6. The SMILES string of the molecule is Cc1cc(-c2ccccc2)c(N2c3cc(C(C)(C)C)cc4c3B(c3c2cc2c5c3Sc3ccc(-c6ccccc6)cc3B5c3cc(-c5ccccc5)ccc3O2)c2c(cc3c5c2Sc2ccc(-c6ccccc6)cc2B5c2cc(-c5ccccc5)ccc2O3)N4c2c(-c3ccccc3)cc(C)cc2-c2ccccc2)c(-c2ccccc2)c1. The molecule has 0 spiro atoms. The maximum Gasteiger partial charge on any atom is 0.255 e. The molecule has 4 nitrogen and oxygen atoms in total. The van der Waals surface area contributed by atoms with Gasteiger partial charge in [0.05, 0.1) is 11.4 Å². The molecule has 0 saturated heterocycles. The second-order valence-electron chi connectivity index (χ2n) is 33.0. The minimum atomic E-state index is -0.426. The fourth-order valence-electron chi connectivity index (χ4n) is 19.6. The van der Waals surface area contributed by atoms with E-state index in [1.54, 1.807) is 0 Å². The van der Waals surface area contributed by atoms with Crippen LogP contribution in [0.5, 0.6) is 23.0 Å². The first kappa shape index (κ1) is 69.3. The van der Waals surface area contributed by atoms with Crippen molar-refractivity contribution in [2.75, 3.05) is 9.80 Å². The molecule has 9 heteroatoms. The molecule has 6 aliphatic rings. The molecule has 0 amide bonds. The molecule has 0 radical (unpaired) electrons. The zero-order valence-electron chi connectivity index (χ0n) is 65.4. The number of fused-ring (bicyclic) bond motifs is 14. The van der Waals surface area contributed by atoms with Gasteiger partial charge in [-0.1, -0.05) is 346 Å². The Morgan fingerprint density at radius 2 is 0.530 bits per heavy atom. The molecular weight excluding hydrogens is 1450 g/mol. The largest absolute Gasteiger partial charge is 0.458 e. The van der Waals surface area contributed by atoms with Gasteiger partial charge in [0.25, 0.3) is 20.1 Å². The van der Waals surface area contributed by atoms with Crippen molar-refractivity contribution in [2.45, 2.75) is 59.6 Å². The van der Waals surface area contributed by atoms with Crippen molar-refractivity contribution in [3.05, 3.63) is 381 Å². The quantitative estimate of drug-likeness (QED) is 0.127. The summed E-state index contributed by atoms with van der Waals surface area (Å²) in [7, 11) is 0. The Bertz CT molecular complexity index is 6310. The molecule has 17 aromatic rings. The Labute approximate surface area is 693 Å². The van der Waals surface area contributed by atoms with E-state index in [1.165, 1.54) is 96.8 Å². The Balaban J connectivity index is 0.911. The van der Waals surface area contributed by atoms with Crippen LogP contribution < -0.4 is 68.4 Å².